The zero-order chi connectivity index (χ0) is 21.6. The maximum atomic E-state index is 12.4. The molecule has 0 N–H and O–H groups in total. The van der Waals surface area contributed by atoms with Gasteiger partial charge in [0, 0.05) is 41.8 Å². The first-order chi connectivity index (χ1) is 14.1. The van der Waals surface area contributed by atoms with Crippen LogP contribution in [0, 0.1) is 0 Å². The molecule has 3 aromatic rings. The molecule has 4 rings (SSSR count). The van der Waals surface area contributed by atoms with Crippen molar-refractivity contribution in [3.05, 3.63) is 32.9 Å². The Morgan fingerprint density at radius 2 is 2.03 bits per heavy atom. The van der Waals surface area contributed by atoms with E-state index in [2.05, 4.69) is 9.88 Å². The SMILES string of the molecule is CC1CN(C(=O)OC(C)(C)C)CCN1c1nc2cc(Cl)cc(-c3ccsc3Cl)c2o1. The third-order valence-corrected chi connectivity index (χ3v) is 6.26. The monoisotopic (exact) mass is 467 g/mol. The lowest BCUT2D eigenvalue weighted by atomic mass is 10.1. The predicted octanol–water partition coefficient (Wildman–Crippen LogP) is 6.31. The minimum absolute atomic E-state index is 0.0167. The number of anilines is 1. The Balaban J connectivity index is 1.60. The average Bonchev–Trinajstić information content (AvgIpc) is 3.25. The molecule has 2 aromatic heterocycles. The number of oxazole rings is 1. The second kappa shape index (κ2) is 7.94. The van der Waals surface area contributed by atoms with Crippen LogP contribution in [0.4, 0.5) is 10.8 Å². The first kappa shape index (κ1) is 21.3. The normalized spacial score (nSPS) is 17.6. The number of nitrogens with zero attached hydrogens (tertiary/aromatic N) is 3. The summed E-state index contributed by atoms with van der Waals surface area (Å²) in [6.45, 7) is 9.28. The van der Waals surface area contributed by atoms with Crippen LogP contribution in [0.25, 0.3) is 22.2 Å². The van der Waals surface area contributed by atoms with Crippen LogP contribution in [0.5, 0.6) is 0 Å². The van der Waals surface area contributed by atoms with Crippen molar-refractivity contribution >= 4 is 57.7 Å². The van der Waals surface area contributed by atoms with Crippen molar-refractivity contribution in [3.8, 4) is 11.1 Å². The van der Waals surface area contributed by atoms with Gasteiger partial charge >= 0.3 is 6.09 Å². The summed E-state index contributed by atoms with van der Waals surface area (Å²) in [5.74, 6) is 0. The Hall–Kier alpha value is -1.96. The summed E-state index contributed by atoms with van der Waals surface area (Å²) in [6.07, 6.45) is -0.298. The highest BCUT2D eigenvalue weighted by molar-refractivity contribution is 7.15. The molecule has 0 bridgehead atoms. The summed E-state index contributed by atoms with van der Waals surface area (Å²) >= 11 is 14.1. The molecular weight excluding hydrogens is 445 g/mol. The van der Waals surface area contributed by atoms with Crippen molar-refractivity contribution in [2.24, 2.45) is 0 Å². The first-order valence-electron chi connectivity index (χ1n) is 9.70. The van der Waals surface area contributed by atoms with E-state index in [4.69, 9.17) is 32.4 Å². The van der Waals surface area contributed by atoms with Crippen LogP contribution in [-0.4, -0.2) is 47.3 Å². The van der Waals surface area contributed by atoms with Gasteiger partial charge < -0.3 is 19.0 Å². The van der Waals surface area contributed by atoms with Crippen LogP contribution in [-0.2, 0) is 4.74 Å². The number of amides is 1. The molecule has 30 heavy (non-hydrogen) atoms. The van der Waals surface area contributed by atoms with Gasteiger partial charge in [-0.05, 0) is 51.3 Å². The van der Waals surface area contributed by atoms with E-state index >= 15 is 0 Å². The number of hydrogen-bond acceptors (Lipinski definition) is 6. The van der Waals surface area contributed by atoms with Gasteiger partial charge in [-0.2, -0.15) is 4.98 Å². The molecule has 9 heteroatoms. The maximum Gasteiger partial charge on any atom is 0.410 e. The van der Waals surface area contributed by atoms with Crippen molar-refractivity contribution in [1.82, 2.24) is 9.88 Å². The largest absolute Gasteiger partial charge is 0.444 e. The molecule has 1 aromatic carbocycles. The van der Waals surface area contributed by atoms with E-state index in [9.17, 15) is 4.79 Å². The zero-order valence-electron chi connectivity index (χ0n) is 17.2. The summed E-state index contributed by atoms with van der Waals surface area (Å²) in [7, 11) is 0. The molecule has 3 heterocycles. The number of aromatic nitrogens is 1. The van der Waals surface area contributed by atoms with E-state index in [0.29, 0.717) is 46.1 Å². The third-order valence-electron chi connectivity index (χ3n) is 4.88. The Labute approximate surface area is 189 Å². The topological polar surface area (TPSA) is 58.8 Å². The van der Waals surface area contributed by atoms with Crippen LogP contribution in [0.2, 0.25) is 9.36 Å². The van der Waals surface area contributed by atoms with Gasteiger partial charge in [-0.1, -0.05) is 23.2 Å². The van der Waals surface area contributed by atoms with E-state index in [1.54, 1.807) is 11.0 Å². The minimum atomic E-state index is -0.518. The number of rotatable bonds is 2. The molecule has 1 atom stereocenters. The third kappa shape index (κ3) is 4.24. The summed E-state index contributed by atoms with van der Waals surface area (Å²) in [4.78, 5) is 20.9. The molecule has 160 valence electrons. The highest BCUT2D eigenvalue weighted by atomic mass is 35.5. The van der Waals surface area contributed by atoms with E-state index < -0.39 is 5.60 Å². The predicted molar refractivity (Wildman–Crippen MR) is 122 cm³/mol. The smallest absolute Gasteiger partial charge is 0.410 e. The number of carbonyl (C=O) groups is 1. The van der Waals surface area contributed by atoms with Gasteiger partial charge in [-0.15, -0.1) is 11.3 Å². The number of ether oxygens (including phenoxy) is 1. The molecule has 1 amide bonds. The van der Waals surface area contributed by atoms with Crippen molar-refractivity contribution in [1.29, 1.82) is 0 Å². The van der Waals surface area contributed by atoms with E-state index in [0.717, 1.165) is 11.1 Å². The molecular formula is C21H23Cl2N3O3S. The molecule has 0 radical (unpaired) electrons. The van der Waals surface area contributed by atoms with Crippen LogP contribution in [0.15, 0.2) is 28.0 Å². The summed E-state index contributed by atoms with van der Waals surface area (Å²) in [5.41, 5.74) is 2.51. The van der Waals surface area contributed by atoms with Gasteiger partial charge in [0.15, 0.2) is 5.58 Å². The summed E-state index contributed by atoms with van der Waals surface area (Å²) < 4.78 is 12.4. The van der Waals surface area contributed by atoms with Crippen molar-refractivity contribution in [2.45, 2.75) is 39.3 Å². The van der Waals surface area contributed by atoms with Gasteiger partial charge in [0.1, 0.15) is 15.5 Å². The lowest BCUT2D eigenvalue weighted by molar-refractivity contribution is 0.0216. The molecule has 0 saturated carbocycles. The zero-order valence-corrected chi connectivity index (χ0v) is 19.6. The molecule has 1 aliphatic heterocycles. The number of carbonyl (C=O) groups excluding carboxylic acids is 1. The second-order valence-electron chi connectivity index (χ2n) is 8.37. The van der Waals surface area contributed by atoms with Gasteiger partial charge in [0.25, 0.3) is 6.01 Å². The number of thiophene rings is 1. The Morgan fingerprint density at radius 3 is 2.67 bits per heavy atom. The van der Waals surface area contributed by atoms with Crippen LogP contribution < -0.4 is 4.90 Å². The van der Waals surface area contributed by atoms with Crippen LogP contribution in [0.1, 0.15) is 27.7 Å². The van der Waals surface area contributed by atoms with E-state index in [-0.39, 0.29) is 12.1 Å². The van der Waals surface area contributed by atoms with Crippen LogP contribution in [0.3, 0.4) is 0 Å². The number of piperazine rings is 1. The average molecular weight is 468 g/mol. The Kier molecular flexibility index (Phi) is 5.64. The van der Waals surface area contributed by atoms with Gasteiger partial charge in [0.05, 0.1) is 0 Å². The lowest BCUT2D eigenvalue weighted by Crippen LogP contribution is -2.54. The Bertz CT molecular complexity index is 1090. The van der Waals surface area contributed by atoms with Gasteiger partial charge in [-0.25, -0.2) is 4.79 Å². The minimum Gasteiger partial charge on any atom is -0.444 e. The second-order valence-corrected chi connectivity index (χ2v) is 10.3. The number of benzene rings is 1. The van der Waals surface area contributed by atoms with Crippen LogP contribution >= 0.6 is 34.5 Å². The number of halogens is 2. The molecule has 0 aliphatic carbocycles. The summed E-state index contributed by atoms with van der Waals surface area (Å²) in [5, 5.41) is 2.50. The molecule has 1 aliphatic rings. The van der Waals surface area contributed by atoms with Crippen molar-refractivity contribution < 1.29 is 13.9 Å². The molecule has 1 saturated heterocycles. The van der Waals surface area contributed by atoms with Crippen molar-refractivity contribution in [2.75, 3.05) is 24.5 Å². The fourth-order valence-corrected chi connectivity index (χ4v) is 4.69. The fraction of sp³-hybridized carbons (Fsp3) is 0.429. The van der Waals surface area contributed by atoms with E-state index in [1.807, 2.05) is 45.2 Å². The highest BCUT2D eigenvalue weighted by Gasteiger charge is 2.32. The van der Waals surface area contributed by atoms with E-state index in [1.165, 1.54) is 11.3 Å². The van der Waals surface area contributed by atoms with Crippen molar-refractivity contribution in [3.63, 3.8) is 0 Å². The van der Waals surface area contributed by atoms with Gasteiger partial charge in [0.2, 0.25) is 0 Å². The maximum absolute atomic E-state index is 12.4. The van der Waals surface area contributed by atoms with Gasteiger partial charge in [-0.3, -0.25) is 0 Å². The molecule has 1 fully saturated rings. The lowest BCUT2D eigenvalue weighted by Gasteiger charge is -2.39. The fourth-order valence-electron chi connectivity index (χ4n) is 3.53. The Morgan fingerprint density at radius 1 is 1.27 bits per heavy atom. The first-order valence-corrected chi connectivity index (χ1v) is 11.3. The quantitative estimate of drug-likeness (QED) is 0.441. The molecule has 1 unspecified atom stereocenters. The highest BCUT2D eigenvalue weighted by Crippen LogP contribution is 2.40. The molecule has 0 spiro atoms. The number of fused-ring (bicyclic) bond motifs is 1. The molecule has 6 nitrogen and oxygen atoms in total. The standard InChI is InChI=1S/C21H23Cl2N3O3S/c1-12-11-25(20(27)29-21(2,3)4)6-7-26(12)19-24-16-10-13(22)9-15(17(16)28-19)14-5-8-30-18(14)23/h5,8-10,12H,6-7,11H2,1-4H3. The number of hydrogen-bond donors (Lipinski definition) is 0. The summed E-state index contributed by atoms with van der Waals surface area (Å²) in [6, 6.07) is 6.10.